The molecule has 0 spiro atoms. The highest BCUT2D eigenvalue weighted by Crippen LogP contribution is 2.16. The minimum Gasteiger partial charge on any atom is -0.205 e. The zero-order chi connectivity index (χ0) is 10.2. The number of benzene rings is 1. The molecule has 1 aromatic carbocycles. The Bertz CT molecular complexity index is 489. The van der Waals surface area contributed by atoms with E-state index in [9.17, 15) is 8.42 Å². The van der Waals surface area contributed by atoms with Crippen molar-refractivity contribution in [1.82, 2.24) is 0 Å². The maximum Gasteiger partial charge on any atom is 0.253 e. The predicted molar refractivity (Wildman–Crippen MR) is 56.1 cm³/mol. The topological polar surface area (TPSA) is 46.5 Å². The van der Waals surface area contributed by atoms with Crippen LogP contribution in [0, 0.1) is 6.92 Å². The molecule has 1 aliphatic heterocycles. The average Bonchev–Trinajstić information content (AvgIpc) is 2.46. The van der Waals surface area contributed by atoms with E-state index >= 15 is 0 Å². The first-order valence-electron chi connectivity index (χ1n) is 4.45. The van der Waals surface area contributed by atoms with Crippen LogP contribution in [-0.2, 0) is 10.0 Å². The molecule has 3 nitrogen and oxygen atoms in total. The molecule has 1 aliphatic rings. The fourth-order valence-electron chi connectivity index (χ4n) is 1.51. The van der Waals surface area contributed by atoms with Crippen LogP contribution in [-0.4, -0.2) is 19.9 Å². The maximum absolute atomic E-state index is 11.1. The van der Waals surface area contributed by atoms with E-state index < -0.39 is 10.0 Å². The van der Waals surface area contributed by atoms with Gasteiger partial charge in [-0.25, -0.2) is 8.42 Å². The van der Waals surface area contributed by atoms with Crippen LogP contribution in [0.4, 0.5) is 0 Å². The van der Waals surface area contributed by atoms with Crippen LogP contribution >= 0.6 is 0 Å². The van der Waals surface area contributed by atoms with E-state index in [1.54, 1.807) is 0 Å². The lowest BCUT2D eigenvalue weighted by atomic mass is 10.1. The average molecular weight is 209 g/mol. The van der Waals surface area contributed by atoms with Gasteiger partial charge in [0, 0.05) is 6.42 Å². The number of rotatable bonds is 1. The Morgan fingerprint density at radius 2 is 2.14 bits per heavy atom. The SMILES string of the molecule is Cc1cccc(C2=NS(=O)(=O)CC2)c1. The molecule has 0 bridgehead atoms. The van der Waals surface area contributed by atoms with Crippen molar-refractivity contribution in [2.24, 2.45) is 4.40 Å². The van der Waals surface area contributed by atoms with Gasteiger partial charge in [-0.1, -0.05) is 29.8 Å². The van der Waals surface area contributed by atoms with E-state index in [0.29, 0.717) is 12.1 Å². The van der Waals surface area contributed by atoms with Crippen molar-refractivity contribution in [1.29, 1.82) is 0 Å². The molecule has 4 heteroatoms. The molecule has 0 saturated carbocycles. The minimum absolute atomic E-state index is 0.149. The van der Waals surface area contributed by atoms with Gasteiger partial charge in [0.05, 0.1) is 11.5 Å². The number of nitrogens with zero attached hydrogens (tertiary/aromatic N) is 1. The third-order valence-electron chi connectivity index (χ3n) is 2.20. The van der Waals surface area contributed by atoms with Crippen molar-refractivity contribution in [3.8, 4) is 0 Å². The Kier molecular flexibility index (Phi) is 2.15. The highest BCUT2D eigenvalue weighted by Gasteiger charge is 2.20. The summed E-state index contributed by atoms with van der Waals surface area (Å²) in [5.74, 6) is 0.149. The first-order valence-corrected chi connectivity index (χ1v) is 6.06. The number of hydrogen-bond donors (Lipinski definition) is 0. The van der Waals surface area contributed by atoms with Gasteiger partial charge in [0.1, 0.15) is 0 Å². The van der Waals surface area contributed by atoms with E-state index in [1.165, 1.54) is 0 Å². The van der Waals surface area contributed by atoms with Crippen molar-refractivity contribution < 1.29 is 8.42 Å². The molecule has 0 atom stereocenters. The lowest BCUT2D eigenvalue weighted by Crippen LogP contribution is -1.97. The second-order valence-electron chi connectivity index (χ2n) is 3.44. The normalized spacial score (nSPS) is 19.4. The van der Waals surface area contributed by atoms with E-state index in [-0.39, 0.29) is 5.75 Å². The number of aryl methyl sites for hydroxylation is 1. The summed E-state index contributed by atoms with van der Waals surface area (Å²) in [4.78, 5) is 0. The van der Waals surface area contributed by atoms with Gasteiger partial charge in [0.25, 0.3) is 10.0 Å². The summed E-state index contributed by atoms with van der Waals surface area (Å²) < 4.78 is 25.9. The van der Waals surface area contributed by atoms with Crippen molar-refractivity contribution in [3.05, 3.63) is 35.4 Å². The van der Waals surface area contributed by atoms with Gasteiger partial charge >= 0.3 is 0 Å². The zero-order valence-corrected chi connectivity index (χ0v) is 8.71. The molecule has 1 aromatic rings. The van der Waals surface area contributed by atoms with Crippen LogP contribution < -0.4 is 0 Å². The van der Waals surface area contributed by atoms with Crippen LogP contribution in [0.25, 0.3) is 0 Å². The summed E-state index contributed by atoms with van der Waals surface area (Å²) in [5, 5.41) is 0. The van der Waals surface area contributed by atoms with Gasteiger partial charge in [-0.05, 0) is 12.5 Å². The monoisotopic (exact) mass is 209 g/mol. The van der Waals surface area contributed by atoms with Crippen LogP contribution in [0.3, 0.4) is 0 Å². The predicted octanol–water partition coefficient (Wildman–Crippen LogP) is 1.52. The van der Waals surface area contributed by atoms with Crippen molar-refractivity contribution in [2.45, 2.75) is 13.3 Å². The van der Waals surface area contributed by atoms with Gasteiger partial charge in [-0.2, -0.15) is 4.40 Å². The van der Waals surface area contributed by atoms with Gasteiger partial charge in [0.2, 0.25) is 0 Å². The lowest BCUT2D eigenvalue weighted by Gasteiger charge is -1.99. The van der Waals surface area contributed by atoms with E-state index in [2.05, 4.69) is 4.40 Å². The molecule has 1 heterocycles. The second kappa shape index (κ2) is 3.20. The summed E-state index contributed by atoms with van der Waals surface area (Å²) in [6, 6.07) is 7.75. The largest absolute Gasteiger partial charge is 0.253 e. The molecule has 0 radical (unpaired) electrons. The third-order valence-corrected chi connectivity index (χ3v) is 3.42. The highest BCUT2D eigenvalue weighted by atomic mass is 32.2. The molecule has 0 aromatic heterocycles. The molecule has 0 fully saturated rings. The minimum atomic E-state index is -3.17. The Balaban J connectivity index is 2.43. The van der Waals surface area contributed by atoms with Gasteiger partial charge in [-0.15, -0.1) is 0 Å². The maximum atomic E-state index is 11.1. The molecule has 0 N–H and O–H groups in total. The highest BCUT2D eigenvalue weighted by molar-refractivity contribution is 7.90. The quantitative estimate of drug-likeness (QED) is 0.704. The van der Waals surface area contributed by atoms with Crippen LogP contribution in [0.5, 0.6) is 0 Å². The second-order valence-corrected chi connectivity index (χ2v) is 5.20. The van der Waals surface area contributed by atoms with Crippen molar-refractivity contribution >= 4 is 15.7 Å². The standard InChI is InChI=1S/C10H11NO2S/c1-8-3-2-4-9(7-8)10-5-6-14(12,13)11-10/h2-4,7H,5-6H2,1H3. The van der Waals surface area contributed by atoms with Crippen molar-refractivity contribution in [2.75, 3.05) is 5.75 Å². The van der Waals surface area contributed by atoms with Gasteiger partial charge in [-0.3, -0.25) is 0 Å². The summed E-state index contributed by atoms with van der Waals surface area (Å²) in [6.07, 6.45) is 0.534. The van der Waals surface area contributed by atoms with Gasteiger partial charge < -0.3 is 0 Å². The van der Waals surface area contributed by atoms with E-state index in [1.807, 2.05) is 31.2 Å². The molecule has 0 amide bonds. The summed E-state index contributed by atoms with van der Waals surface area (Å²) in [5.41, 5.74) is 2.73. The molecule has 74 valence electrons. The third kappa shape index (κ3) is 1.85. The van der Waals surface area contributed by atoms with Crippen LogP contribution in [0.2, 0.25) is 0 Å². The molecular weight excluding hydrogens is 198 g/mol. The first kappa shape index (κ1) is 9.40. The van der Waals surface area contributed by atoms with Crippen LogP contribution in [0.15, 0.2) is 28.7 Å². The van der Waals surface area contributed by atoms with E-state index in [4.69, 9.17) is 0 Å². The summed E-state index contributed by atoms with van der Waals surface area (Å²) >= 11 is 0. The number of sulfonamides is 1. The Labute approximate surface area is 83.5 Å². The van der Waals surface area contributed by atoms with Crippen molar-refractivity contribution in [3.63, 3.8) is 0 Å². The lowest BCUT2D eigenvalue weighted by molar-refractivity contribution is 0.600. The smallest absolute Gasteiger partial charge is 0.205 e. The molecule has 14 heavy (non-hydrogen) atoms. The fourth-order valence-corrected chi connectivity index (χ4v) is 2.58. The Morgan fingerprint density at radius 3 is 2.71 bits per heavy atom. The Morgan fingerprint density at radius 1 is 1.36 bits per heavy atom. The van der Waals surface area contributed by atoms with E-state index in [0.717, 1.165) is 11.1 Å². The summed E-state index contributed by atoms with van der Waals surface area (Å²) in [6.45, 7) is 1.98. The number of hydrogen-bond acceptors (Lipinski definition) is 2. The summed E-state index contributed by atoms with van der Waals surface area (Å²) in [7, 11) is -3.17. The molecule has 2 rings (SSSR count). The molecule has 0 aliphatic carbocycles. The van der Waals surface area contributed by atoms with Gasteiger partial charge in [0.15, 0.2) is 0 Å². The molecular formula is C10H11NO2S. The Hall–Kier alpha value is -1.16. The zero-order valence-electron chi connectivity index (χ0n) is 7.90. The first-order chi connectivity index (χ1) is 6.57. The fraction of sp³-hybridized carbons (Fsp3) is 0.300. The molecule has 0 unspecified atom stereocenters. The molecule has 0 saturated heterocycles. The van der Waals surface area contributed by atoms with Crippen LogP contribution in [0.1, 0.15) is 17.5 Å².